The molecule has 3 N–H and O–H groups in total. The van der Waals surface area contributed by atoms with Gasteiger partial charge in [0.1, 0.15) is 5.75 Å². The molecule has 3 amide bonds. The molecular weight excluding hydrogens is 276 g/mol. The maximum Gasteiger partial charge on any atom is 0.338 e. The molecule has 0 saturated heterocycles. The SMILES string of the molecule is CC(C)(C)NC(=O)NC(=O)COC(=O)c1ccc(O)cc1. The fourth-order valence-electron chi connectivity index (χ4n) is 1.35. The van der Waals surface area contributed by atoms with Crippen molar-refractivity contribution < 1.29 is 24.2 Å². The highest BCUT2D eigenvalue weighted by molar-refractivity contribution is 5.97. The van der Waals surface area contributed by atoms with E-state index < -0.39 is 30.1 Å². The number of hydrogen-bond donors (Lipinski definition) is 3. The summed E-state index contributed by atoms with van der Waals surface area (Å²) in [5.74, 6) is -1.44. The molecule has 0 bridgehead atoms. The predicted molar refractivity (Wildman–Crippen MR) is 74.8 cm³/mol. The van der Waals surface area contributed by atoms with Crippen LogP contribution in [0.4, 0.5) is 4.79 Å². The van der Waals surface area contributed by atoms with Crippen LogP contribution in [-0.4, -0.2) is 35.2 Å². The maximum atomic E-state index is 11.6. The summed E-state index contributed by atoms with van der Waals surface area (Å²) < 4.78 is 4.75. The van der Waals surface area contributed by atoms with E-state index in [4.69, 9.17) is 9.84 Å². The Labute approximate surface area is 122 Å². The molecule has 0 saturated carbocycles. The van der Waals surface area contributed by atoms with E-state index in [0.717, 1.165) is 0 Å². The molecule has 0 radical (unpaired) electrons. The summed E-state index contributed by atoms with van der Waals surface area (Å²) in [7, 11) is 0. The van der Waals surface area contributed by atoms with Crippen LogP contribution >= 0.6 is 0 Å². The minimum Gasteiger partial charge on any atom is -0.508 e. The third kappa shape index (κ3) is 6.42. The zero-order chi connectivity index (χ0) is 16.0. The van der Waals surface area contributed by atoms with E-state index >= 15 is 0 Å². The quantitative estimate of drug-likeness (QED) is 0.726. The van der Waals surface area contributed by atoms with Gasteiger partial charge in [-0.05, 0) is 45.0 Å². The van der Waals surface area contributed by atoms with E-state index in [1.165, 1.54) is 24.3 Å². The first-order valence-electron chi connectivity index (χ1n) is 6.25. The van der Waals surface area contributed by atoms with Crippen molar-refractivity contribution in [3.05, 3.63) is 29.8 Å². The van der Waals surface area contributed by atoms with Crippen molar-refractivity contribution in [1.29, 1.82) is 0 Å². The molecule has 0 heterocycles. The van der Waals surface area contributed by atoms with Gasteiger partial charge in [-0.2, -0.15) is 0 Å². The first-order chi connectivity index (χ1) is 9.67. The number of hydrogen-bond acceptors (Lipinski definition) is 5. The number of aromatic hydroxyl groups is 1. The highest BCUT2D eigenvalue weighted by Gasteiger charge is 2.16. The van der Waals surface area contributed by atoms with Crippen LogP contribution in [0.3, 0.4) is 0 Å². The molecule has 7 heteroatoms. The molecule has 0 spiro atoms. The van der Waals surface area contributed by atoms with Crippen molar-refractivity contribution in [2.45, 2.75) is 26.3 Å². The average molecular weight is 294 g/mol. The third-order valence-electron chi connectivity index (χ3n) is 2.18. The second-order valence-electron chi connectivity index (χ2n) is 5.38. The number of esters is 1. The minimum atomic E-state index is -0.733. The molecule has 0 fully saturated rings. The fourth-order valence-corrected chi connectivity index (χ4v) is 1.35. The first kappa shape index (κ1) is 16.5. The lowest BCUT2D eigenvalue weighted by molar-refractivity contribution is -0.123. The normalized spacial score (nSPS) is 10.6. The number of phenolic OH excluding ortho intramolecular Hbond substituents is 1. The zero-order valence-electron chi connectivity index (χ0n) is 12.1. The van der Waals surface area contributed by atoms with Crippen molar-refractivity contribution in [2.75, 3.05) is 6.61 Å². The summed E-state index contributed by atoms with van der Waals surface area (Å²) in [4.78, 5) is 34.4. The average Bonchev–Trinajstić information content (AvgIpc) is 2.34. The van der Waals surface area contributed by atoms with E-state index in [1.807, 2.05) is 5.32 Å². The van der Waals surface area contributed by atoms with Crippen LogP contribution in [0.15, 0.2) is 24.3 Å². The molecule has 21 heavy (non-hydrogen) atoms. The number of nitrogens with one attached hydrogen (secondary N) is 2. The number of phenols is 1. The number of ether oxygens (including phenoxy) is 1. The summed E-state index contributed by atoms with van der Waals surface area (Å²) >= 11 is 0. The van der Waals surface area contributed by atoms with Crippen LogP contribution < -0.4 is 10.6 Å². The highest BCUT2D eigenvalue weighted by atomic mass is 16.5. The lowest BCUT2D eigenvalue weighted by Crippen LogP contribution is -2.49. The van der Waals surface area contributed by atoms with E-state index in [0.29, 0.717) is 0 Å². The second-order valence-corrected chi connectivity index (χ2v) is 5.38. The monoisotopic (exact) mass is 294 g/mol. The second kappa shape index (κ2) is 6.74. The summed E-state index contributed by atoms with van der Waals surface area (Å²) in [5.41, 5.74) is -0.285. The van der Waals surface area contributed by atoms with Gasteiger partial charge in [0.05, 0.1) is 5.56 Å². The standard InChI is InChI=1S/C14H18N2O5/c1-14(2,3)16-13(20)15-11(18)8-21-12(19)9-4-6-10(17)7-5-9/h4-7,17H,8H2,1-3H3,(H2,15,16,18,20). The summed E-state index contributed by atoms with van der Waals surface area (Å²) in [6.07, 6.45) is 0. The summed E-state index contributed by atoms with van der Waals surface area (Å²) in [6.45, 7) is 4.73. The molecule has 0 aliphatic heterocycles. The lowest BCUT2D eigenvalue weighted by Gasteiger charge is -2.20. The van der Waals surface area contributed by atoms with Crippen molar-refractivity contribution in [1.82, 2.24) is 10.6 Å². The molecule has 1 aromatic carbocycles. The van der Waals surface area contributed by atoms with Crippen LogP contribution in [0.2, 0.25) is 0 Å². The molecule has 7 nitrogen and oxygen atoms in total. The van der Waals surface area contributed by atoms with Crippen molar-refractivity contribution in [2.24, 2.45) is 0 Å². The number of amides is 3. The Morgan fingerprint density at radius 3 is 2.24 bits per heavy atom. The molecule has 1 rings (SSSR count). The van der Waals surface area contributed by atoms with Gasteiger partial charge in [0.2, 0.25) is 0 Å². The first-order valence-corrected chi connectivity index (χ1v) is 6.25. The summed E-state index contributed by atoms with van der Waals surface area (Å²) in [6, 6.07) is 4.72. The minimum absolute atomic E-state index is 0.0168. The number of carbonyl (C=O) groups is 3. The fraction of sp³-hybridized carbons (Fsp3) is 0.357. The highest BCUT2D eigenvalue weighted by Crippen LogP contribution is 2.10. The van der Waals surface area contributed by atoms with Crippen molar-refractivity contribution in [3.8, 4) is 5.75 Å². The Hall–Kier alpha value is -2.57. The van der Waals surface area contributed by atoms with Gasteiger partial charge in [-0.1, -0.05) is 0 Å². The van der Waals surface area contributed by atoms with Crippen molar-refractivity contribution in [3.63, 3.8) is 0 Å². The van der Waals surface area contributed by atoms with E-state index in [9.17, 15) is 14.4 Å². The zero-order valence-corrected chi connectivity index (χ0v) is 12.1. The lowest BCUT2D eigenvalue weighted by atomic mass is 10.1. The Kier molecular flexibility index (Phi) is 5.29. The topological polar surface area (TPSA) is 105 Å². The molecular formula is C14H18N2O5. The smallest absolute Gasteiger partial charge is 0.338 e. The molecule has 0 aromatic heterocycles. The van der Waals surface area contributed by atoms with Crippen LogP contribution in [0.25, 0.3) is 0 Å². The number of rotatable bonds is 3. The molecule has 0 unspecified atom stereocenters. The van der Waals surface area contributed by atoms with Crippen LogP contribution in [0.1, 0.15) is 31.1 Å². The van der Waals surface area contributed by atoms with E-state index in [-0.39, 0.29) is 11.3 Å². The number of carbonyl (C=O) groups excluding carboxylic acids is 3. The number of imide groups is 1. The van der Waals surface area contributed by atoms with Gasteiger partial charge in [0.25, 0.3) is 5.91 Å². The molecule has 0 aliphatic carbocycles. The van der Waals surface area contributed by atoms with Crippen LogP contribution in [0, 0.1) is 0 Å². The van der Waals surface area contributed by atoms with Gasteiger partial charge in [0.15, 0.2) is 6.61 Å². The Morgan fingerprint density at radius 2 is 1.71 bits per heavy atom. The van der Waals surface area contributed by atoms with Crippen LogP contribution in [-0.2, 0) is 9.53 Å². The van der Waals surface area contributed by atoms with Gasteiger partial charge in [-0.25, -0.2) is 9.59 Å². The van der Waals surface area contributed by atoms with Crippen molar-refractivity contribution >= 4 is 17.9 Å². The molecule has 0 aliphatic rings. The summed E-state index contributed by atoms with van der Waals surface area (Å²) in [5, 5.41) is 13.7. The van der Waals surface area contributed by atoms with Gasteiger partial charge in [-0.15, -0.1) is 0 Å². The van der Waals surface area contributed by atoms with E-state index in [1.54, 1.807) is 20.8 Å². The van der Waals surface area contributed by atoms with Crippen LogP contribution in [0.5, 0.6) is 5.75 Å². The Balaban J connectivity index is 2.41. The van der Waals surface area contributed by atoms with Gasteiger partial charge < -0.3 is 15.2 Å². The predicted octanol–water partition coefficient (Wildman–Crippen LogP) is 1.17. The largest absolute Gasteiger partial charge is 0.508 e. The maximum absolute atomic E-state index is 11.6. The van der Waals surface area contributed by atoms with Gasteiger partial charge in [-0.3, -0.25) is 10.1 Å². The van der Waals surface area contributed by atoms with E-state index in [2.05, 4.69) is 5.32 Å². The van der Waals surface area contributed by atoms with Gasteiger partial charge in [0, 0.05) is 5.54 Å². The third-order valence-corrected chi connectivity index (χ3v) is 2.18. The van der Waals surface area contributed by atoms with Gasteiger partial charge >= 0.3 is 12.0 Å². The Morgan fingerprint density at radius 1 is 1.14 bits per heavy atom. The number of benzene rings is 1. The molecule has 0 atom stereocenters. The number of urea groups is 1. The molecule has 114 valence electrons. The Bertz CT molecular complexity index is 531. The molecule has 1 aromatic rings.